The van der Waals surface area contributed by atoms with Crippen LogP contribution in [0, 0.1) is 25.5 Å². The van der Waals surface area contributed by atoms with Gasteiger partial charge in [0.2, 0.25) is 5.82 Å². The highest BCUT2D eigenvalue weighted by molar-refractivity contribution is 6.01. The van der Waals surface area contributed by atoms with Gasteiger partial charge in [-0.05, 0) is 79.6 Å². The molecule has 7 heteroatoms. The van der Waals surface area contributed by atoms with Crippen molar-refractivity contribution in [2.45, 2.75) is 13.8 Å². The largest absolute Gasteiger partial charge is 0.319 e. The number of nitrogens with one attached hydrogen (secondary N) is 1. The number of hydrogen-bond donors (Lipinski definition) is 1. The summed E-state index contributed by atoms with van der Waals surface area (Å²) in [6, 6.07) is 17.1. The van der Waals surface area contributed by atoms with Gasteiger partial charge in [-0.3, -0.25) is 4.79 Å². The number of benzene rings is 3. The molecular weight excluding hydrogens is 386 g/mol. The van der Waals surface area contributed by atoms with E-state index in [0.717, 1.165) is 16.8 Å². The van der Waals surface area contributed by atoms with Crippen LogP contribution in [-0.2, 0) is 0 Å². The van der Waals surface area contributed by atoms with Gasteiger partial charge < -0.3 is 5.32 Å². The van der Waals surface area contributed by atoms with Gasteiger partial charge in [0.05, 0.1) is 5.69 Å². The summed E-state index contributed by atoms with van der Waals surface area (Å²) in [5.74, 6) is -1.11. The third-order valence-corrected chi connectivity index (χ3v) is 4.73. The van der Waals surface area contributed by atoms with Crippen molar-refractivity contribution in [1.29, 1.82) is 0 Å². The van der Waals surface area contributed by atoms with Crippen LogP contribution in [0.4, 0.5) is 14.5 Å². The Morgan fingerprint density at radius 3 is 2.37 bits per heavy atom. The number of nitrogens with zero attached hydrogens (tertiary/aromatic N) is 3. The molecule has 0 saturated heterocycles. The number of rotatable bonds is 4. The molecule has 0 atom stereocenters. The summed E-state index contributed by atoms with van der Waals surface area (Å²) in [5, 5.41) is 6.97. The van der Waals surface area contributed by atoms with E-state index >= 15 is 0 Å². The van der Waals surface area contributed by atoms with Crippen LogP contribution in [0.2, 0.25) is 0 Å². The van der Waals surface area contributed by atoms with E-state index in [2.05, 4.69) is 15.4 Å². The lowest BCUT2D eigenvalue weighted by atomic mass is 10.1. The summed E-state index contributed by atoms with van der Waals surface area (Å²) < 4.78 is 28.4. The van der Waals surface area contributed by atoms with Crippen molar-refractivity contribution in [3.05, 3.63) is 95.3 Å². The minimum Gasteiger partial charge on any atom is -0.319 e. The Balaban J connectivity index is 1.77. The van der Waals surface area contributed by atoms with Crippen LogP contribution >= 0.6 is 0 Å². The lowest BCUT2D eigenvalue weighted by molar-refractivity contribution is 0.101. The fourth-order valence-electron chi connectivity index (χ4n) is 2.98. The molecule has 1 aromatic heterocycles. The van der Waals surface area contributed by atoms with Gasteiger partial charge in [0, 0.05) is 11.3 Å². The first-order chi connectivity index (χ1) is 14.4. The molecule has 1 N–H and O–H groups in total. The van der Waals surface area contributed by atoms with E-state index in [0.29, 0.717) is 17.1 Å². The van der Waals surface area contributed by atoms with E-state index in [1.165, 1.54) is 30.3 Å². The van der Waals surface area contributed by atoms with Gasteiger partial charge in [0.15, 0.2) is 5.82 Å². The predicted molar refractivity (Wildman–Crippen MR) is 111 cm³/mol. The second kappa shape index (κ2) is 7.87. The number of amides is 1. The highest BCUT2D eigenvalue weighted by atomic mass is 19.1. The molecule has 150 valence electrons. The van der Waals surface area contributed by atoms with Gasteiger partial charge in [0.1, 0.15) is 11.6 Å². The molecule has 0 saturated carbocycles. The van der Waals surface area contributed by atoms with Gasteiger partial charge in [-0.25, -0.2) is 18.4 Å². The minimum atomic E-state index is -0.577. The zero-order chi connectivity index (χ0) is 21.3. The molecule has 0 aliphatic carbocycles. The summed E-state index contributed by atoms with van der Waals surface area (Å²) in [6.45, 7) is 3.98. The van der Waals surface area contributed by atoms with Crippen molar-refractivity contribution in [2.24, 2.45) is 0 Å². The van der Waals surface area contributed by atoms with Gasteiger partial charge in [-0.1, -0.05) is 12.1 Å². The Labute approximate surface area is 172 Å². The summed E-state index contributed by atoms with van der Waals surface area (Å²) >= 11 is 0. The van der Waals surface area contributed by atoms with E-state index < -0.39 is 11.7 Å². The summed E-state index contributed by atoms with van der Waals surface area (Å²) in [7, 11) is 0. The molecule has 1 heterocycles. The average molecular weight is 404 g/mol. The standard InChI is InChI=1S/C23H18F2N4O/c1-14-6-11-20(12-15(14)2)29-22(16-7-9-17(24)10-8-16)27-21(28-29)23(30)26-19-5-3-4-18(25)13-19/h3-13H,1-2H3,(H,26,30). The van der Waals surface area contributed by atoms with Crippen molar-refractivity contribution in [2.75, 3.05) is 5.32 Å². The number of halogens is 2. The number of carbonyl (C=O) groups is 1. The van der Waals surface area contributed by atoms with Crippen LogP contribution in [-0.4, -0.2) is 20.7 Å². The molecule has 3 aromatic carbocycles. The maximum absolute atomic E-state index is 13.4. The molecule has 0 spiro atoms. The van der Waals surface area contributed by atoms with E-state index in [1.807, 2.05) is 32.0 Å². The third-order valence-electron chi connectivity index (χ3n) is 4.73. The van der Waals surface area contributed by atoms with Crippen molar-refractivity contribution in [3.8, 4) is 17.1 Å². The van der Waals surface area contributed by atoms with Gasteiger partial charge in [-0.15, -0.1) is 5.10 Å². The molecule has 0 aliphatic heterocycles. The third kappa shape index (κ3) is 3.96. The van der Waals surface area contributed by atoms with Crippen molar-refractivity contribution < 1.29 is 13.6 Å². The van der Waals surface area contributed by atoms with Gasteiger partial charge in [0.25, 0.3) is 5.91 Å². The fourth-order valence-corrected chi connectivity index (χ4v) is 2.98. The van der Waals surface area contributed by atoms with E-state index in [4.69, 9.17) is 0 Å². The van der Waals surface area contributed by atoms with Crippen LogP contribution in [0.5, 0.6) is 0 Å². The monoisotopic (exact) mass is 404 g/mol. The average Bonchev–Trinajstić information content (AvgIpc) is 3.16. The fraction of sp³-hybridized carbons (Fsp3) is 0.0870. The molecule has 0 bridgehead atoms. The minimum absolute atomic E-state index is 0.0863. The topological polar surface area (TPSA) is 59.8 Å². The molecular formula is C23H18F2N4O. The second-order valence-electron chi connectivity index (χ2n) is 6.91. The molecule has 5 nitrogen and oxygen atoms in total. The zero-order valence-electron chi connectivity index (χ0n) is 16.4. The molecule has 0 unspecified atom stereocenters. The summed E-state index contributed by atoms with van der Waals surface area (Å²) in [6.07, 6.45) is 0. The molecule has 4 rings (SSSR count). The molecule has 30 heavy (non-hydrogen) atoms. The van der Waals surface area contributed by atoms with E-state index in [-0.39, 0.29) is 11.6 Å². The maximum Gasteiger partial charge on any atom is 0.295 e. The molecule has 0 radical (unpaired) electrons. The lowest BCUT2D eigenvalue weighted by Crippen LogP contribution is -2.14. The quantitative estimate of drug-likeness (QED) is 0.516. The maximum atomic E-state index is 13.4. The SMILES string of the molecule is Cc1ccc(-n2nc(C(=O)Nc3cccc(F)c3)nc2-c2ccc(F)cc2)cc1C. The lowest BCUT2D eigenvalue weighted by Gasteiger charge is -2.08. The number of anilines is 1. The number of carbonyl (C=O) groups excluding carboxylic acids is 1. The molecule has 4 aromatic rings. The predicted octanol–water partition coefficient (Wildman–Crippen LogP) is 5.08. The second-order valence-corrected chi connectivity index (χ2v) is 6.91. The van der Waals surface area contributed by atoms with Crippen LogP contribution in [0.15, 0.2) is 66.7 Å². The van der Waals surface area contributed by atoms with Crippen molar-refractivity contribution in [1.82, 2.24) is 14.8 Å². The van der Waals surface area contributed by atoms with Crippen molar-refractivity contribution in [3.63, 3.8) is 0 Å². The highest BCUT2D eigenvalue weighted by Gasteiger charge is 2.19. The Kier molecular flexibility index (Phi) is 5.10. The van der Waals surface area contributed by atoms with Crippen LogP contribution in [0.1, 0.15) is 21.7 Å². The summed E-state index contributed by atoms with van der Waals surface area (Å²) in [4.78, 5) is 17.1. The Morgan fingerprint density at radius 2 is 1.67 bits per heavy atom. The highest BCUT2D eigenvalue weighted by Crippen LogP contribution is 2.23. The smallest absolute Gasteiger partial charge is 0.295 e. The summed E-state index contributed by atoms with van der Waals surface area (Å²) in [5.41, 5.74) is 3.79. The number of hydrogen-bond acceptors (Lipinski definition) is 3. The first-order valence-corrected chi connectivity index (χ1v) is 9.28. The van der Waals surface area contributed by atoms with Crippen LogP contribution in [0.25, 0.3) is 17.1 Å². The normalized spacial score (nSPS) is 10.8. The zero-order valence-corrected chi connectivity index (χ0v) is 16.4. The van der Waals surface area contributed by atoms with Crippen molar-refractivity contribution >= 4 is 11.6 Å². The Hall–Kier alpha value is -3.87. The van der Waals surface area contributed by atoms with Gasteiger partial charge in [-0.2, -0.15) is 0 Å². The Morgan fingerprint density at radius 1 is 0.900 bits per heavy atom. The van der Waals surface area contributed by atoms with Crippen LogP contribution in [0.3, 0.4) is 0 Å². The van der Waals surface area contributed by atoms with Crippen LogP contribution < -0.4 is 5.32 Å². The molecule has 1 amide bonds. The number of aryl methyl sites for hydroxylation is 2. The number of aromatic nitrogens is 3. The van der Waals surface area contributed by atoms with Gasteiger partial charge >= 0.3 is 0 Å². The van der Waals surface area contributed by atoms with E-state index in [9.17, 15) is 13.6 Å². The first-order valence-electron chi connectivity index (χ1n) is 9.28. The Bertz CT molecular complexity index is 1230. The first kappa shape index (κ1) is 19.4. The molecule has 0 aliphatic rings. The van der Waals surface area contributed by atoms with E-state index in [1.54, 1.807) is 22.9 Å². The molecule has 0 fully saturated rings.